The Kier molecular flexibility index (Phi) is 4.90. The molecule has 0 unspecified atom stereocenters. The van der Waals surface area contributed by atoms with Crippen molar-refractivity contribution in [1.82, 2.24) is 10.2 Å². The molecule has 0 spiro atoms. The van der Waals surface area contributed by atoms with E-state index in [0.29, 0.717) is 5.69 Å². The van der Waals surface area contributed by atoms with Gasteiger partial charge in [0.05, 0.1) is 10.6 Å². The van der Waals surface area contributed by atoms with Gasteiger partial charge >= 0.3 is 0 Å². The zero-order chi connectivity index (χ0) is 18.7. The van der Waals surface area contributed by atoms with Crippen molar-refractivity contribution in [2.24, 2.45) is 0 Å². The average Bonchev–Trinajstić information content (AvgIpc) is 2.62. The van der Waals surface area contributed by atoms with Crippen LogP contribution in [0.3, 0.4) is 0 Å². The van der Waals surface area contributed by atoms with E-state index >= 15 is 0 Å². The minimum atomic E-state index is -3.68. The topological polar surface area (TPSA) is 75.2 Å². The summed E-state index contributed by atoms with van der Waals surface area (Å²) in [6, 6.07) is 17.9. The summed E-state index contributed by atoms with van der Waals surface area (Å²) in [4.78, 5) is 2.20. The molecule has 0 aliphatic heterocycles. The van der Waals surface area contributed by atoms with Crippen LogP contribution < -0.4 is 9.62 Å². The molecule has 0 amide bonds. The molecule has 6 nitrogen and oxygen atoms in total. The Morgan fingerprint density at radius 3 is 2.04 bits per heavy atom. The van der Waals surface area contributed by atoms with Gasteiger partial charge in [0.1, 0.15) is 0 Å². The van der Waals surface area contributed by atoms with Crippen LogP contribution in [-0.2, 0) is 10.0 Å². The molecule has 3 rings (SSSR count). The molecule has 0 aliphatic rings. The van der Waals surface area contributed by atoms with Crippen molar-refractivity contribution in [1.29, 1.82) is 0 Å². The fourth-order valence-corrected chi connectivity index (χ4v) is 3.38. The molecule has 7 heteroatoms. The maximum Gasteiger partial charge on any atom is 0.263 e. The molecule has 26 heavy (non-hydrogen) atoms. The van der Waals surface area contributed by atoms with Crippen LogP contribution in [0.2, 0.25) is 0 Å². The molecule has 2 aromatic carbocycles. The lowest BCUT2D eigenvalue weighted by molar-refractivity contribution is 0.601. The van der Waals surface area contributed by atoms with Gasteiger partial charge in [-0.15, -0.1) is 10.2 Å². The van der Waals surface area contributed by atoms with Gasteiger partial charge in [0, 0.05) is 25.3 Å². The number of nitrogens with one attached hydrogen (secondary N) is 1. The molecule has 0 atom stereocenters. The van der Waals surface area contributed by atoms with Crippen molar-refractivity contribution >= 4 is 21.5 Å². The third-order valence-corrected chi connectivity index (χ3v) is 5.28. The zero-order valence-corrected chi connectivity index (χ0v) is 15.7. The second-order valence-corrected chi connectivity index (χ2v) is 7.85. The third kappa shape index (κ3) is 4.00. The molecule has 0 saturated carbocycles. The predicted molar refractivity (Wildman–Crippen MR) is 104 cm³/mol. The first-order chi connectivity index (χ1) is 12.3. The summed E-state index contributed by atoms with van der Waals surface area (Å²) in [5, 5.41) is 8.12. The van der Waals surface area contributed by atoms with Crippen molar-refractivity contribution < 1.29 is 8.42 Å². The van der Waals surface area contributed by atoms with Gasteiger partial charge in [-0.25, -0.2) is 8.42 Å². The van der Waals surface area contributed by atoms with Gasteiger partial charge in [-0.1, -0.05) is 29.8 Å². The maximum absolute atomic E-state index is 12.4. The summed E-state index contributed by atoms with van der Waals surface area (Å²) < 4.78 is 27.2. The average molecular weight is 368 g/mol. The largest absolute Gasteiger partial charge is 0.378 e. The van der Waals surface area contributed by atoms with E-state index in [9.17, 15) is 8.42 Å². The highest BCUT2D eigenvalue weighted by Gasteiger charge is 2.15. The van der Waals surface area contributed by atoms with Crippen LogP contribution in [-0.4, -0.2) is 32.7 Å². The molecule has 0 fully saturated rings. The zero-order valence-electron chi connectivity index (χ0n) is 14.8. The summed E-state index contributed by atoms with van der Waals surface area (Å²) in [5.41, 5.74) is 3.67. The van der Waals surface area contributed by atoms with Crippen molar-refractivity contribution in [2.75, 3.05) is 23.7 Å². The molecule has 1 heterocycles. The molecule has 0 radical (unpaired) electrons. The number of hydrogen-bond donors (Lipinski definition) is 1. The number of benzene rings is 2. The Hall–Kier alpha value is -2.93. The second kappa shape index (κ2) is 7.13. The fraction of sp³-hybridized carbons (Fsp3) is 0.158. The molecule has 0 bridgehead atoms. The van der Waals surface area contributed by atoms with Crippen molar-refractivity contribution in [2.45, 2.75) is 11.8 Å². The summed E-state index contributed by atoms with van der Waals surface area (Å²) >= 11 is 0. The van der Waals surface area contributed by atoms with E-state index in [1.54, 1.807) is 36.4 Å². The van der Waals surface area contributed by atoms with Gasteiger partial charge in [-0.3, -0.25) is 4.72 Å². The Balaban J connectivity index is 1.78. The highest BCUT2D eigenvalue weighted by molar-refractivity contribution is 7.92. The Morgan fingerprint density at radius 2 is 1.50 bits per heavy atom. The highest BCUT2D eigenvalue weighted by atomic mass is 32.2. The van der Waals surface area contributed by atoms with Crippen molar-refractivity contribution in [3.63, 3.8) is 0 Å². The van der Waals surface area contributed by atoms with E-state index in [1.165, 1.54) is 0 Å². The second-order valence-electron chi connectivity index (χ2n) is 6.16. The number of nitrogens with zero attached hydrogens (tertiary/aromatic N) is 3. The molecule has 134 valence electrons. The first-order valence-electron chi connectivity index (χ1n) is 8.06. The Labute approximate surface area is 153 Å². The third-order valence-electron chi connectivity index (χ3n) is 3.91. The van der Waals surface area contributed by atoms with Gasteiger partial charge in [0.2, 0.25) is 0 Å². The van der Waals surface area contributed by atoms with Gasteiger partial charge in [-0.05, 0) is 43.3 Å². The number of rotatable bonds is 5. The van der Waals surface area contributed by atoms with E-state index < -0.39 is 10.0 Å². The Bertz CT molecular complexity index is 981. The van der Waals surface area contributed by atoms with E-state index in [0.717, 1.165) is 16.8 Å². The molecular formula is C19H20N4O2S. The van der Waals surface area contributed by atoms with Crippen LogP contribution in [0.25, 0.3) is 11.3 Å². The number of anilines is 2. The van der Waals surface area contributed by atoms with Crippen LogP contribution in [0.15, 0.2) is 65.6 Å². The molecule has 1 N–H and O–H groups in total. The standard InChI is InChI=1S/C19H20N4O2S/c1-14-4-10-17(11-5-14)26(24,25)22-19-13-12-18(20-21-19)15-6-8-16(9-7-15)23(2)3/h4-13H,1-3H3,(H,21,22). The van der Waals surface area contributed by atoms with Crippen LogP contribution >= 0.6 is 0 Å². The van der Waals surface area contributed by atoms with E-state index in [2.05, 4.69) is 14.9 Å². The van der Waals surface area contributed by atoms with Crippen molar-refractivity contribution in [3.05, 3.63) is 66.2 Å². The molecular weight excluding hydrogens is 348 g/mol. The van der Waals surface area contributed by atoms with Gasteiger partial charge in [-0.2, -0.15) is 0 Å². The number of hydrogen-bond acceptors (Lipinski definition) is 5. The number of aromatic nitrogens is 2. The lowest BCUT2D eigenvalue weighted by atomic mass is 10.1. The lowest BCUT2D eigenvalue weighted by Crippen LogP contribution is -2.14. The maximum atomic E-state index is 12.4. The number of aryl methyl sites for hydroxylation is 1. The summed E-state index contributed by atoms with van der Waals surface area (Å²) in [5.74, 6) is 0.180. The van der Waals surface area contributed by atoms with E-state index in [-0.39, 0.29) is 10.7 Å². The smallest absolute Gasteiger partial charge is 0.263 e. The van der Waals surface area contributed by atoms with Crippen LogP contribution in [0.4, 0.5) is 11.5 Å². The normalized spacial score (nSPS) is 11.2. The fourth-order valence-electron chi connectivity index (χ4n) is 2.39. The quantitative estimate of drug-likeness (QED) is 0.748. The van der Waals surface area contributed by atoms with Gasteiger partial charge in [0.25, 0.3) is 10.0 Å². The van der Waals surface area contributed by atoms with E-state index in [1.807, 2.05) is 50.2 Å². The van der Waals surface area contributed by atoms with E-state index in [4.69, 9.17) is 0 Å². The lowest BCUT2D eigenvalue weighted by Gasteiger charge is -2.12. The molecule has 3 aromatic rings. The highest BCUT2D eigenvalue weighted by Crippen LogP contribution is 2.21. The first kappa shape index (κ1) is 17.9. The van der Waals surface area contributed by atoms with Crippen molar-refractivity contribution in [3.8, 4) is 11.3 Å². The molecule has 1 aromatic heterocycles. The van der Waals surface area contributed by atoms with Crippen LogP contribution in [0.5, 0.6) is 0 Å². The Morgan fingerprint density at radius 1 is 0.846 bits per heavy atom. The SMILES string of the molecule is Cc1ccc(S(=O)(=O)Nc2ccc(-c3ccc(N(C)C)cc3)nn2)cc1. The summed E-state index contributed by atoms with van der Waals surface area (Å²) in [6.07, 6.45) is 0. The monoisotopic (exact) mass is 368 g/mol. The number of sulfonamides is 1. The molecule has 0 saturated heterocycles. The van der Waals surface area contributed by atoms with Gasteiger partial charge in [0.15, 0.2) is 5.82 Å². The first-order valence-corrected chi connectivity index (χ1v) is 9.54. The minimum Gasteiger partial charge on any atom is -0.378 e. The molecule has 0 aliphatic carbocycles. The van der Waals surface area contributed by atoms with Crippen LogP contribution in [0.1, 0.15) is 5.56 Å². The minimum absolute atomic E-state index is 0.180. The predicted octanol–water partition coefficient (Wildman–Crippen LogP) is 3.32. The summed E-state index contributed by atoms with van der Waals surface area (Å²) in [6.45, 7) is 1.90. The summed E-state index contributed by atoms with van der Waals surface area (Å²) in [7, 11) is 0.271. The van der Waals surface area contributed by atoms with Crippen LogP contribution in [0, 0.1) is 6.92 Å². The van der Waals surface area contributed by atoms with Gasteiger partial charge < -0.3 is 4.90 Å².